The van der Waals surface area contributed by atoms with E-state index in [4.69, 9.17) is 10.00 Å². The van der Waals surface area contributed by atoms with Crippen LogP contribution >= 0.6 is 0 Å². The molecule has 1 atom stereocenters. The first-order valence-electron chi connectivity index (χ1n) is 11.6. The number of anilines is 1. The number of nitrogens with zero attached hydrogens (tertiary/aromatic N) is 4. The van der Waals surface area contributed by atoms with Crippen molar-refractivity contribution in [3.8, 4) is 11.8 Å². The van der Waals surface area contributed by atoms with Gasteiger partial charge in [-0.15, -0.1) is 0 Å². The second-order valence-electron chi connectivity index (χ2n) is 8.78. The van der Waals surface area contributed by atoms with Crippen LogP contribution in [0.5, 0.6) is 5.75 Å². The number of ether oxygens (including phenoxy) is 1. The normalized spacial score (nSPS) is 19.1. The molecule has 2 aliphatic rings. The van der Waals surface area contributed by atoms with Crippen molar-refractivity contribution in [2.75, 3.05) is 44.7 Å². The lowest BCUT2D eigenvalue weighted by atomic mass is 9.96. The highest BCUT2D eigenvalue weighted by Crippen LogP contribution is 2.33. The summed E-state index contributed by atoms with van der Waals surface area (Å²) in [6, 6.07) is 15.9. The number of nitriles is 1. The van der Waals surface area contributed by atoms with Crippen LogP contribution < -0.4 is 9.64 Å². The monoisotopic (exact) mass is 482 g/mol. The Balaban J connectivity index is 1.34. The third-order valence-electron chi connectivity index (χ3n) is 6.58. The van der Waals surface area contributed by atoms with E-state index >= 15 is 0 Å². The van der Waals surface area contributed by atoms with Gasteiger partial charge in [-0.1, -0.05) is 12.1 Å². The zero-order valence-corrected chi connectivity index (χ0v) is 20.4. The maximum atomic E-state index is 13.1. The SMILES string of the molecule is CCN1CC(CN(C)C(=O)C2CCN(S(=O)(=O)c3ccc(C#N)cc3)CC2)Oc2ccccc21. The lowest BCUT2D eigenvalue weighted by Gasteiger charge is -2.38. The Morgan fingerprint density at radius 2 is 1.82 bits per heavy atom. The van der Waals surface area contributed by atoms with Crippen LogP contribution in [0.2, 0.25) is 0 Å². The van der Waals surface area contributed by atoms with E-state index < -0.39 is 10.0 Å². The number of para-hydroxylation sites is 2. The lowest BCUT2D eigenvalue weighted by molar-refractivity contribution is -0.136. The number of sulfonamides is 1. The number of fused-ring (bicyclic) bond motifs is 1. The van der Waals surface area contributed by atoms with Crippen LogP contribution in [0.1, 0.15) is 25.3 Å². The van der Waals surface area contributed by atoms with Crippen LogP contribution in [0, 0.1) is 17.2 Å². The van der Waals surface area contributed by atoms with Gasteiger partial charge in [0.2, 0.25) is 15.9 Å². The maximum absolute atomic E-state index is 13.1. The van der Waals surface area contributed by atoms with Crippen LogP contribution in [0.15, 0.2) is 53.4 Å². The van der Waals surface area contributed by atoms with Crippen molar-refractivity contribution in [1.82, 2.24) is 9.21 Å². The first-order chi connectivity index (χ1) is 16.3. The van der Waals surface area contributed by atoms with Crippen molar-refractivity contribution < 1.29 is 17.9 Å². The number of likely N-dealkylation sites (N-methyl/N-ethyl adjacent to an activating group) is 2. The minimum absolute atomic E-state index is 0.0286. The predicted molar refractivity (Wildman–Crippen MR) is 129 cm³/mol. The molecule has 1 saturated heterocycles. The molecule has 1 unspecified atom stereocenters. The summed E-state index contributed by atoms with van der Waals surface area (Å²) >= 11 is 0. The van der Waals surface area contributed by atoms with E-state index in [-0.39, 0.29) is 22.8 Å². The molecule has 8 nitrogen and oxygen atoms in total. The fourth-order valence-electron chi connectivity index (χ4n) is 4.67. The molecule has 0 aliphatic carbocycles. The average Bonchev–Trinajstić information content (AvgIpc) is 2.87. The number of piperidine rings is 1. The van der Waals surface area contributed by atoms with E-state index in [1.165, 1.54) is 28.6 Å². The largest absolute Gasteiger partial charge is 0.485 e. The van der Waals surface area contributed by atoms with Crippen molar-refractivity contribution in [1.29, 1.82) is 5.26 Å². The summed E-state index contributed by atoms with van der Waals surface area (Å²) < 4.78 is 33.5. The highest BCUT2D eigenvalue weighted by Gasteiger charge is 2.34. The molecule has 2 aliphatic heterocycles. The number of benzene rings is 2. The van der Waals surface area contributed by atoms with E-state index in [0.717, 1.165) is 18.0 Å². The predicted octanol–water partition coefficient (Wildman–Crippen LogP) is 2.70. The van der Waals surface area contributed by atoms with Gasteiger partial charge in [-0.05, 0) is 56.2 Å². The van der Waals surface area contributed by atoms with Gasteiger partial charge < -0.3 is 14.5 Å². The Morgan fingerprint density at radius 1 is 1.15 bits per heavy atom. The smallest absolute Gasteiger partial charge is 0.243 e. The number of amides is 1. The molecule has 0 spiro atoms. The van der Waals surface area contributed by atoms with Gasteiger partial charge in [0.15, 0.2) is 0 Å². The van der Waals surface area contributed by atoms with Crippen LogP contribution in [-0.2, 0) is 14.8 Å². The minimum Gasteiger partial charge on any atom is -0.485 e. The number of carbonyl (C=O) groups excluding carboxylic acids is 1. The highest BCUT2D eigenvalue weighted by atomic mass is 32.2. The minimum atomic E-state index is -3.64. The highest BCUT2D eigenvalue weighted by molar-refractivity contribution is 7.89. The van der Waals surface area contributed by atoms with E-state index in [9.17, 15) is 13.2 Å². The standard InChI is InChI=1S/C25H30N4O4S/c1-3-28-18-21(33-24-7-5-4-6-23(24)28)17-27(2)25(30)20-12-14-29(15-13-20)34(31,32)22-10-8-19(16-26)9-11-22/h4-11,20-21H,3,12-15,17-18H2,1-2H3. The Bertz CT molecular complexity index is 1170. The fourth-order valence-corrected chi connectivity index (χ4v) is 6.14. The topological polar surface area (TPSA) is 94.0 Å². The first-order valence-corrected chi connectivity index (χ1v) is 13.0. The molecule has 2 heterocycles. The van der Waals surface area contributed by atoms with Crippen LogP contribution in [0.3, 0.4) is 0 Å². The number of carbonyl (C=O) groups is 1. The number of hydrogen-bond donors (Lipinski definition) is 0. The van der Waals surface area contributed by atoms with Gasteiger partial charge >= 0.3 is 0 Å². The van der Waals surface area contributed by atoms with Gasteiger partial charge in [-0.2, -0.15) is 9.57 Å². The third kappa shape index (κ3) is 4.88. The molecule has 2 aromatic rings. The van der Waals surface area contributed by atoms with Crippen LogP contribution in [0.25, 0.3) is 0 Å². The van der Waals surface area contributed by atoms with Gasteiger partial charge in [0, 0.05) is 32.6 Å². The fraction of sp³-hybridized carbons (Fsp3) is 0.440. The van der Waals surface area contributed by atoms with E-state index in [0.29, 0.717) is 44.6 Å². The zero-order valence-electron chi connectivity index (χ0n) is 19.6. The average molecular weight is 483 g/mol. The molecule has 0 N–H and O–H groups in total. The molecule has 180 valence electrons. The summed E-state index contributed by atoms with van der Waals surface area (Å²) in [5.74, 6) is 0.652. The lowest BCUT2D eigenvalue weighted by Crippen LogP contribution is -2.49. The first kappa shape index (κ1) is 24.0. The molecule has 0 saturated carbocycles. The van der Waals surface area contributed by atoms with Crippen molar-refractivity contribution in [2.24, 2.45) is 5.92 Å². The Kier molecular flexibility index (Phi) is 7.10. The molecule has 0 radical (unpaired) electrons. The van der Waals surface area contributed by atoms with Crippen molar-refractivity contribution in [3.63, 3.8) is 0 Å². The number of rotatable bonds is 6. The number of hydrogen-bond acceptors (Lipinski definition) is 6. The zero-order chi connectivity index (χ0) is 24.3. The second-order valence-corrected chi connectivity index (χ2v) is 10.7. The molecule has 1 fully saturated rings. The molecular weight excluding hydrogens is 452 g/mol. The van der Waals surface area contributed by atoms with E-state index in [1.54, 1.807) is 11.9 Å². The summed E-state index contributed by atoms with van der Waals surface area (Å²) in [7, 11) is -1.85. The van der Waals surface area contributed by atoms with Crippen LogP contribution in [-0.4, -0.2) is 69.4 Å². The Labute approximate surface area is 201 Å². The molecule has 34 heavy (non-hydrogen) atoms. The van der Waals surface area contributed by atoms with Crippen molar-refractivity contribution >= 4 is 21.6 Å². The molecule has 9 heteroatoms. The maximum Gasteiger partial charge on any atom is 0.243 e. The van der Waals surface area contributed by atoms with Crippen LogP contribution in [0.4, 0.5) is 5.69 Å². The van der Waals surface area contributed by atoms with Gasteiger partial charge in [0.25, 0.3) is 0 Å². The molecule has 2 aromatic carbocycles. The summed E-state index contributed by atoms with van der Waals surface area (Å²) in [5, 5.41) is 8.92. The quantitative estimate of drug-likeness (QED) is 0.629. The molecular formula is C25H30N4O4S. The van der Waals surface area contributed by atoms with Gasteiger partial charge in [0.05, 0.1) is 35.3 Å². The molecule has 4 rings (SSSR count). The molecule has 0 bridgehead atoms. The Hall–Kier alpha value is -3.09. The van der Waals surface area contributed by atoms with E-state index in [1.807, 2.05) is 30.3 Å². The summed E-state index contributed by atoms with van der Waals surface area (Å²) in [6.45, 7) is 4.75. The second kappa shape index (κ2) is 10.0. The summed E-state index contributed by atoms with van der Waals surface area (Å²) in [4.78, 5) is 17.3. The Morgan fingerprint density at radius 3 is 2.47 bits per heavy atom. The van der Waals surface area contributed by atoms with Crippen molar-refractivity contribution in [2.45, 2.75) is 30.8 Å². The molecule has 0 aromatic heterocycles. The van der Waals surface area contributed by atoms with Gasteiger partial charge in [0.1, 0.15) is 11.9 Å². The van der Waals surface area contributed by atoms with Crippen molar-refractivity contribution in [3.05, 3.63) is 54.1 Å². The summed E-state index contributed by atoms with van der Waals surface area (Å²) in [6.07, 6.45) is 0.836. The summed E-state index contributed by atoms with van der Waals surface area (Å²) in [5.41, 5.74) is 1.49. The molecule has 1 amide bonds. The van der Waals surface area contributed by atoms with Gasteiger partial charge in [-0.25, -0.2) is 8.42 Å². The van der Waals surface area contributed by atoms with Gasteiger partial charge in [-0.3, -0.25) is 4.79 Å². The van der Waals surface area contributed by atoms with E-state index in [2.05, 4.69) is 11.8 Å². The third-order valence-corrected chi connectivity index (χ3v) is 8.50.